The summed E-state index contributed by atoms with van der Waals surface area (Å²) < 4.78 is 1.20. The summed E-state index contributed by atoms with van der Waals surface area (Å²) in [5, 5.41) is 11.0. The minimum absolute atomic E-state index is 0.212. The molecule has 3 heterocycles. The van der Waals surface area contributed by atoms with Gasteiger partial charge in [0.05, 0.1) is 11.6 Å². The Morgan fingerprint density at radius 1 is 1.12 bits per heavy atom. The van der Waals surface area contributed by atoms with Gasteiger partial charge in [0, 0.05) is 43.7 Å². The summed E-state index contributed by atoms with van der Waals surface area (Å²) in [4.78, 5) is 38.5. The van der Waals surface area contributed by atoms with Crippen LogP contribution >= 0.6 is 0 Å². The molecule has 25 heavy (non-hydrogen) atoms. The Bertz CT molecular complexity index is 901. The molecule has 8 heteroatoms. The van der Waals surface area contributed by atoms with Crippen LogP contribution in [0.3, 0.4) is 0 Å². The monoisotopic (exact) mass is 341 g/mol. The Kier molecular flexibility index (Phi) is 3.96. The van der Waals surface area contributed by atoms with E-state index in [-0.39, 0.29) is 17.9 Å². The average Bonchev–Trinajstić information content (AvgIpc) is 2.63. The van der Waals surface area contributed by atoms with Gasteiger partial charge in [0.25, 0.3) is 11.5 Å². The summed E-state index contributed by atoms with van der Waals surface area (Å²) in [7, 11) is 0. The summed E-state index contributed by atoms with van der Waals surface area (Å²) in [5.41, 5.74) is 0.691. The number of aromatic nitrogens is 2. The fraction of sp³-hybridized carbons (Fsp3) is 0.412. The second kappa shape index (κ2) is 6.29. The Labute approximate surface area is 143 Å². The first kappa shape index (κ1) is 15.8. The number of carbonyl (C=O) groups excluding carboxylic acids is 2. The van der Waals surface area contributed by atoms with Crippen LogP contribution in [0.4, 0.5) is 5.69 Å². The summed E-state index contributed by atoms with van der Waals surface area (Å²) in [6.45, 7) is 3.60. The normalized spacial score (nSPS) is 21.4. The number of piperazine rings is 1. The SMILES string of the molecule is O=C1CCC(n2ncc3ccc(N4CCNCC4)cc3c2=O)C(=O)N1. The molecule has 4 rings (SSSR count). The van der Waals surface area contributed by atoms with Crippen LogP contribution in [0.25, 0.3) is 10.8 Å². The van der Waals surface area contributed by atoms with Crippen molar-refractivity contribution in [3.05, 3.63) is 34.7 Å². The van der Waals surface area contributed by atoms with E-state index in [0.29, 0.717) is 11.8 Å². The van der Waals surface area contributed by atoms with Crippen molar-refractivity contribution in [1.29, 1.82) is 0 Å². The number of piperidine rings is 1. The average molecular weight is 341 g/mol. The maximum absolute atomic E-state index is 12.9. The predicted molar refractivity (Wildman–Crippen MR) is 92.5 cm³/mol. The third kappa shape index (κ3) is 2.89. The lowest BCUT2D eigenvalue weighted by atomic mass is 10.1. The highest BCUT2D eigenvalue weighted by Gasteiger charge is 2.30. The summed E-state index contributed by atoms with van der Waals surface area (Å²) in [6.07, 6.45) is 2.10. The maximum Gasteiger partial charge on any atom is 0.275 e. The fourth-order valence-electron chi connectivity index (χ4n) is 3.40. The van der Waals surface area contributed by atoms with Gasteiger partial charge in [-0.05, 0) is 18.6 Å². The number of carbonyl (C=O) groups is 2. The molecule has 0 aliphatic carbocycles. The Hall–Kier alpha value is -2.74. The van der Waals surface area contributed by atoms with Crippen molar-refractivity contribution >= 4 is 28.3 Å². The Morgan fingerprint density at radius 3 is 2.68 bits per heavy atom. The zero-order valence-corrected chi connectivity index (χ0v) is 13.7. The molecule has 1 aromatic carbocycles. The number of hydrogen-bond acceptors (Lipinski definition) is 6. The molecule has 0 spiro atoms. The maximum atomic E-state index is 12.9. The molecule has 1 atom stereocenters. The van der Waals surface area contributed by atoms with Crippen LogP contribution in [0.1, 0.15) is 18.9 Å². The number of amides is 2. The van der Waals surface area contributed by atoms with E-state index in [1.165, 1.54) is 4.68 Å². The molecule has 0 bridgehead atoms. The van der Waals surface area contributed by atoms with E-state index in [1.807, 2.05) is 18.2 Å². The molecule has 2 amide bonds. The minimum Gasteiger partial charge on any atom is -0.369 e. The Morgan fingerprint density at radius 2 is 1.92 bits per heavy atom. The van der Waals surface area contributed by atoms with Crippen LogP contribution < -0.4 is 21.1 Å². The zero-order chi connectivity index (χ0) is 17.4. The smallest absolute Gasteiger partial charge is 0.275 e. The lowest BCUT2D eigenvalue weighted by Gasteiger charge is -2.29. The highest BCUT2D eigenvalue weighted by atomic mass is 16.2. The molecule has 2 N–H and O–H groups in total. The molecule has 8 nitrogen and oxygen atoms in total. The van der Waals surface area contributed by atoms with Crippen LogP contribution in [0.15, 0.2) is 29.2 Å². The molecule has 2 aliphatic rings. The van der Waals surface area contributed by atoms with Crippen LogP contribution in [-0.4, -0.2) is 47.8 Å². The molecule has 2 aliphatic heterocycles. The molecule has 130 valence electrons. The van der Waals surface area contributed by atoms with Crippen molar-refractivity contribution in [3.63, 3.8) is 0 Å². The highest BCUT2D eigenvalue weighted by molar-refractivity contribution is 5.99. The van der Waals surface area contributed by atoms with E-state index in [1.54, 1.807) is 6.20 Å². The van der Waals surface area contributed by atoms with Gasteiger partial charge in [-0.2, -0.15) is 5.10 Å². The van der Waals surface area contributed by atoms with Gasteiger partial charge in [-0.3, -0.25) is 19.7 Å². The van der Waals surface area contributed by atoms with Crippen molar-refractivity contribution in [2.75, 3.05) is 31.1 Å². The number of imide groups is 1. The standard InChI is InChI=1S/C17H19N5O3/c23-15-4-3-14(16(24)20-15)22-17(25)13-9-12(2-1-11(13)10-19-22)21-7-5-18-6-8-21/h1-2,9-10,14,18H,3-8H2,(H,20,23,24). The third-order valence-corrected chi connectivity index (χ3v) is 4.78. The lowest BCUT2D eigenvalue weighted by molar-refractivity contribution is -0.136. The van der Waals surface area contributed by atoms with Gasteiger partial charge in [-0.25, -0.2) is 4.68 Å². The first-order chi connectivity index (χ1) is 12.1. The van der Waals surface area contributed by atoms with Crippen molar-refractivity contribution in [2.45, 2.75) is 18.9 Å². The molecule has 2 fully saturated rings. The summed E-state index contributed by atoms with van der Waals surface area (Å²) in [5.74, 6) is -0.778. The van der Waals surface area contributed by atoms with Gasteiger partial charge in [0.1, 0.15) is 6.04 Å². The van der Waals surface area contributed by atoms with Gasteiger partial charge >= 0.3 is 0 Å². The van der Waals surface area contributed by atoms with Crippen LogP contribution in [0, 0.1) is 0 Å². The van der Waals surface area contributed by atoms with Gasteiger partial charge in [0.2, 0.25) is 5.91 Å². The van der Waals surface area contributed by atoms with Crippen LogP contribution in [-0.2, 0) is 9.59 Å². The molecule has 0 radical (unpaired) electrons. The molecular weight excluding hydrogens is 322 g/mol. The molecule has 2 saturated heterocycles. The van der Waals surface area contributed by atoms with Crippen molar-refractivity contribution in [2.24, 2.45) is 0 Å². The van der Waals surface area contributed by atoms with Gasteiger partial charge in [0.15, 0.2) is 0 Å². The van der Waals surface area contributed by atoms with E-state index in [0.717, 1.165) is 37.3 Å². The van der Waals surface area contributed by atoms with E-state index in [9.17, 15) is 14.4 Å². The number of nitrogens with zero attached hydrogens (tertiary/aromatic N) is 3. The first-order valence-corrected chi connectivity index (χ1v) is 8.44. The van der Waals surface area contributed by atoms with Crippen molar-refractivity contribution in [3.8, 4) is 0 Å². The lowest BCUT2D eigenvalue weighted by Crippen LogP contribution is -2.45. The number of rotatable bonds is 2. The van der Waals surface area contributed by atoms with E-state index in [2.05, 4.69) is 20.6 Å². The summed E-state index contributed by atoms with van der Waals surface area (Å²) in [6, 6.07) is 5.01. The predicted octanol–water partition coefficient (Wildman–Crippen LogP) is -0.216. The van der Waals surface area contributed by atoms with E-state index >= 15 is 0 Å². The fourth-order valence-corrected chi connectivity index (χ4v) is 3.40. The second-order valence-electron chi connectivity index (χ2n) is 6.37. The number of nitrogens with one attached hydrogen (secondary N) is 2. The number of fused-ring (bicyclic) bond motifs is 1. The van der Waals surface area contributed by atoms with Gasteiger partial charge in [-0.15, -0.1) is 0 Å². The number of anilines is 1. The topological polar surface area (TPSA) is 96.3 Å². The molecule has 0 saturated carbocycles. The molecule has 1 aromatic heterocycles. The summed E-state index contributed by atoms with van der Waals surface area (Å²) >= 11 is 0. The van der Waals surface area contributed by atoms with E-state index in [4.69, 9.17) is 0 Å². The Balaban J connectivity index is 1.74. The molecule has 2 aromatic rings. The van der Waals surface area contributed by atoms with Gasteiger partial charge < -0.3 is 10.2 Å². The number of benzene rings is 1. The zero-order valence-electron chi connectivity index (χ0n) is 13.7. The van der Waals surface area contributed by atoms with Gasteiger partial charge in [-0.1, -0.05) is 6.07 Å². The van der Waals surface area contributed by atoms with Crippen molar-refractivity contribution < 1.29 is 9.59 Å². The molecular formula is C17H19N5O3. The van der Waals surface area contributed by atoms with E-state index < -0.39 is 11.9 Å². The minimum atomic E-state index is -0.738. The van der Waals surface area contributed by atoms with Crippen LogP contribution in [0.5, 0.6) is 0 Å². The second-order valence-corrected chi connectivity index (χ2v) is 6.37. The first-order valence-electron chi connectivity index (χ1n) is 8.44. The highest BCUT2D eigenvalue weighted by Crippen LogP contribution is 2.21. The molecule has 1 unspecified atom stereocenters. The quantitative estimate of drug-likeness (QED) is 0.734. The number of hydrogen-bond donors (Lipinski definition) is 2. The third-order valence-electron chi connectivity index (χ3n) is 4.78. The van der Waals surface area contributed by atoms with Crippen LogP contribution in [0.2, 0.25) is 0 Å². The van der Waals surface area contributed by atoms with Crippen molar-refractivity contribution in [1.82, 2.24) is 20.4 Å². The largest absolute Gasteiger partial charge is 0.369 e.